The van der Waals surface area contributed by atoms with Crippen LogP contribution < -0.4 is 20.0 Å². The molecule has 0 saturated carbocycles. The van der Waals surface area contributed by atoms with Crippen molar-refractivity contribution in [2.45, 2.75) is 24.8 Å². The molecule has 0 radical (unpaired) electrons. The van der Waals surface area contributed by atoms with Gasteiger partial charge in [-0.25, -0.2) is 0 Å². The quantitative estimate of drug-likeness (QED) is 0.729. The Morgan fingerprint density at radius 2 is 1.60 bits per heavy atom. The summed E-state index contributed by atoms with van der Waals surface area (Å²) in [5, 5.41) is 2.53. The van der Waals surface area contributed by atoms with E-state index in [1.165, 1.54) is 36.4 Å². The summed E-state index contributed by atoms with van der Waals surface area (Å²) in [6.45, 7) is 3.64. The zero-order valence-electron chi connectivity index (χ0n) is 13.9. The van der Waals surface area contributed by atoms with Gasteiger partial charge in [0.2, 0.25) is 5.91 Å². The van der Waals surface area contributed by atoms with Crippen LogP contribution in [0.15, 0.2) is 53.4 Å². The summed E-state index contributed by atoms with van der Waals surface area (Å²) in [4.78, 5) is 11.2. The number of carbonyl (C=O) groups excluding carboxylic acids is 1. The first kappa shape index (κ1) is 18.8. The lowest BCUT2D eigenvalue weighted by atomic mass is 10.3. The highest BCUT2D eigenvalue weighted by atomic mass is 32.2. The molecule has 25 heavy (non-hydrogen) atoms. The number of anilines is 1. The van der Waals surface area contributed by atoms with Crippen molar-refractivity contribution < 1.29 is 22.1 Å². The Kier molecular flexibility index (Phi) is 6.00. The van der Waals surface area contributed by atoms with Crippen molar-refractivity contribution >= 4 is 21.7 Å². The van der Waals surface area contributed by atoms with Crippen molar-refractivity contribution in [2.75, 3.05) is 11.9 Å². The Balaban J connectivity index is 2.09. The van der Waals surface area contributed by atoms with Crippen LogP contribution in [0.1, 0.15) is 13.8 Å². The molecular weight excluding hydrogens is 344 g/mol. The predicted molar refractivity (Wildman–Crippen MR) is 94.1 cm³/mol. The molecule has 0 aliphatic rings. The van der Waals surface area contributed by atoms with Crippen LogP contribution in [0.25, 0.3) is 0 Å². The predicted octanol–water partition coefficient (Wildman–Crippen LogP) is 2.14. The molecule has 0 atom stereocenters. The number of carbonyl (C=O) groups is 1. The summed E-state index contributed by atoms with van der Waals surface area (Å²) >= 11 is 0. The number of nitrogens with one attached hydrogen (secondary N) is 1. The van der Waals surface area contributed by atoms with Crippen molar-refractivity contribution in [2.24, 2.45) is 5.73 Å². The lowest BCUT2D eigenvalue weighted by molar-refractivity contribution is -0.114. The average Bonchev–Trinajstić information content (AvgIpc) is 2.56. The van der Waals surface area contributed by atoms with Crippen LogP contribution in [0.2, 0.25) is 0 Å². The van der Waals surface area contributed by atoms with E-state index in [1.807, 2.05) is 13.8 Å². The Hall–Kier alpha value is -2.58. The second kappa shape index (κ2) is 8.00. The Labute approximate surface area is 146 Å². The standard InChI is InChI=1S/C17H20N2O5S/c1-12(2)23-14-5-7-15(8-6-14)24-25(21,22)16-9-3-13(4-10-16)19-17(20)11-18/h3-10,12H,11,18H2,1-2H3,(H,19,20). The van der Waals surface area contributed by atoms with E-state index in [9.17, 15) is 13.2 Å². The van der Waals surface area contributed by atoms with Gasteiger partial charge < -0.3 is 20.0 Å². The molecule has 7 nitrogen and oxygen atoms in total. The molecular formula is C17H20N2O5S. The van der Waals surface area contributed by atoms with Gasteiger partial charge in [0, 0.05) is 5.69 Å². The average molecular weight is 364 g/mol. The van der Waals surface area contributed by atoms with Crippen LogP contribution in [0.4, 0.5) is 5.69 Å². The number of nitrogens with two attached hydrogens (primary N) is 1. The van der Waals surface area contributed by atoms with Gasteiger partial charge >= 0.3 is 10.1 Å². The minimum atomic E-state index is -3.98. The fourth-order valence-corrected chi connectivity index (χ4v) is 2.87. The van der Waals surface area contributed by atoms with Crippen molar-refractivity contribution in [3.05, 3.63) is 48.5 Å². The molecule has 0 unspecified atom stereocenters. The topological polar surface area (TPSA) is 108 Å². The molecule has 0 aliphatic carbocycles. The van der Waals surface area contributed by atoms with Crippen molar-refractivity contribution in [3.8, 4) is 11.5 Å². The van der Waals surface area contributed by atoms with Crippen molar-refractivity contribution in [1.29, 1.82) is 0 Å². The summed E-state index contributed by atoms with van der Waals surface area (Å²) in [5.74, 6) is 0.437. The molecule has 3 N–H and O–H groups in total. The number of hydrogen-bond donors (Lipinski definition) is 2. The maximum absolute atomic E-state index is 12.3. The van der Waals surface area contributed by atoms with Gasteiger partial charge in [-0.05, 0) is 62.4 Å². The van der Waals surface area contributed by atoms with Crippen LogP contribution in [0, 0.1) is 0 Å². The smallest absolute Gasteiger partial charge is 0.339 e. The van der Waals surface area contributed by atoms with Crippen LogP contribution in [0.3, 0.4) is 0 Å². The molecule has 0 aromatic heterocycles. The zero-order chi connectivity index (χ0) is 18.4. The van der Waals surface area contributed by atoms with E-state index in [4.69, 9.17) is 14.7 Å². The number of rotatable bonds is 7. The number of benzene rings is 2. The minimum Gasteiger partial charge on any atom is -0.491 e. The van der Waals surface area contributed by atoms with E-state index in [0.29, 0.717) is 11.4 Å². The third kappa shape index (κ3) is 5.47. The molecule has 0 spiro atoms. The van der Waals surface area contributed by atoms with E-state index in [0.717, 1.165) is 0 Å². The van der Waals surface area contributed by atoms with E-state index in [-0.39, 0.29) is 29.2 Å². The first-order chi connectivity index (χ1) is 11.8. The van der Waals surface area contributed by atoms with Crippen LogP contribution in [-0.2, 0) is 14.9 Å². The Bertz CT molecular complexity index is 815. The van der Waals surface area contributed by atoms with Gasteiger partial charge in [-0.3, -0.25) is 4.79 Å². The maximum Gasteiger partial charge on any atom is 0.339 e. The fraction of sp³-hybridized carbons (Fsp3) is 0.235. The van der Waals surface area contributed by atoms with Gasteiger partial charge in [-0.15, -0.1) is 0 Å². The third-order valence-electron chi connectivity index (χ3n) is 3.01. The summed E-state index contributed by atoms with van der Waals surface area (Å²) < 4.78 is 35.2. The number of ether oxygens (including phenoxy) is 1. The fourth-order valence-electron chi connectivity index (χ4n) is 1.94. The first-order valence-corrected chi connectivity index (χ1v) is 9.02. The number of amides is 1. The largest absolute Gasteiger partial charge is 0.491 e. The van der Waals surface area contributed by atoms with E-state index in [2.05, 4.69) is 5.32 Å². The van der Waals surface area contributed by atoms with E-state index < -0.39 is 10.1 Å². The summed E-state index contributed by atoms with van der Waals surface area (Å²) in [6.07, 6.45) is 0.0220. The Morgan fingerprint density at radius 3 is 2.12 bits per heavy atom. The summed E-state index contributed by atoms with van der Waals surface area (Å²) in [6, 6.07) is 11.9. The van der Waals surface area contributed by atoms with Crippen molar-refractivity contribution in [1.82, 2.24) is 0 Å². The monoisotopic (exact) mass is 364 g/mol. The van der Waals surface area contributed by atoms with Gasteiger partial charge in [-0.1, -0.05) is 0 Å². The van der Waals surface area contributed by atoms with Crippen LogP contribution >= 0.6 is 0 Å². The summed E-state index contributed by atoms with van der Waals surface area (Å²) in [5.41, 5.74) is 5.65. The highest BCUT2D eigenvalue weighted by molar-refractivity contribution is 7.87. The SMILES string of the molecule is CC(C)Oc1ccc(OS(=O)(=O)c2ccc(NC(=O)CN)cc2)cc1. The summed E-state index contributed by atoms with van der Waals surface area (Å²) in [7, 11) is -3.98. The molecule has 1 amide bonds. The zero-order valence-corrected chi connectivity index (χ0v) is 14.7. The highest BCUT2D eigenvalue weighted by Gasteiger charge is 2.17. The lowest BCUT2D eigenvalue weighted by Crippen LogP contribution is -2.21. The van der Waals surface area contributed by atoms with Gasteiger partial charge in [0.1, 0.15) is 16.4 Å². The second-order valence-electron chi connectivity index (χ2n) is 5.45. The van der Waals surface area contributed by atoms with Gasteiger partial charge in [0.25, 0.3) is 0 Å². The molecule has 0 heterocycles. The molecule has 8 heteroatoms. The van der Waals surface area contributed by atoms with Gasteiger partial charge in [0.05, 0.1) is 12.6 Å². The van der Waals surface area contributed by atoms with Crippen LogP contribution in [0.5, 0.6) is 11.5 Å². The molecule has 0 aliphatic heterocycles. The van der Waals surface area contributed by atoms with Crippen molar-refractivity contribution in [3.63, 3.8) is 0 Å². The van der Waals surface area contributed by atoms with Crippen LogP contribution in [-0.4, -0.2) is 27.0 Å². The molecule has 2 rings (SSSR count). The normalized spacial score (nSPS) is 11.2. The molecule has 0 saturated heterocycles. The molecule has 2 aromatic rings. The number of hydrogen-bond acceptors (Lipinski definition) is 6. The highest BCUT2D eigenvalue weighted by Crippen LogP contribution is 2.23. The molecule has 0 bridgehead atoms. The lowest BCUT2D eigenvalue weighted by Gasteiger charge is -2.11. The Morgan fingerprint density at radius 1 is 1.04 bits per heavy atom. The molecule has 2 aromatic carbocycles. The first-order valence-electron chi connectivity index (χ1n) is 7.61. The minimum absolute atomic E-state index is 0.0220. The second-order valence-corrected chi connectivity index (χ2v) is 7.00. The van der Waals surface area contributed by atoms with Gasteiger partial charge in [-0.2, -0.15) is 8.42 Å². The van der Waals surface area contributed by atoms with Gasteiger partial charge in [0.15, 0.2) is 0 Å². The molecule has 134 valence electrons. The van der Waals surface area contributed by atoms with E-state index >= 15 is 0 Å². The third-order valence-corrected chi connectivity index (χ3v) is 4.27. The molecule has 0 fully saturated rings. The maximum atomic E-state index is 12.3. The van der Waals surface area contributed by atoms with E-state index in [1.54, 1.807) is 12.1 Å².